The van der Waals surface area contributed by atoms with Crippen molar-refractivity contribution in [1.82, 2.24) is 9.38 Å². The average Bonchev–Trinajstić information content (AvgIpc) is 2.85. The highest BCUT2D eigenvalue weighted by Gasteiger charge is 2.24. The van der Waals surface area contributed by atoms with E-state index in [4.69, 9.17) is 10.00 Å². The van der Waals surface area contributed by atoms with Crippen molar-refractivity contribution in [3.05, 3.63) is 64.3 Å². The number of nitro groups is 1. The van der Waals surface area contributed by atoms with Gasteiger partial charge >= 0.3 is 11.7 Å². The lowest BCUT2D eigenvalue weighted by atomic mass is 10.2. The summed E-state index contributed by atoms with van der Waals surface area (Å²) < 4.78 is 6.81. The van der Waals surface area contributed by atoms with Gasteiger partial charge in [-0.15, -0.1) is 0 Å². The first kappa shape index (κ1) is 12.6. The van der Waals surface area contributed by atoms with Crippen molar-refractivity contribution in [1.29, 1.82) is 5.26 Å². The summed E-state index contributed by atoms with van der Waals surface area (Å²) in [6.07, 6.45) is 1.54. The smallest absolute Gasteiger partial charge is 0.392 e. The maximum Gasteiger partial charge on any atom is 0.392 e. The summed E-state index contributed by atoms with van der Waals surface area (Å²) >= 11 is 0. The lowest BCUT2D eigenvalue weighted by Crippen LogP contribution is -1.96. The third kappa shape index (κ3) is 2.26. The van der Waals surface area contributed by atoms with E-state index >= 15 is 0 Å². The summed E-state index contributed by atoms with van der Waals surface area (Å²) in [6.45, 7) is 0. The molecule has 0 unspecified atom stereocenters. The van der Waals surface area contributed by atoms with Crippen LogP contribution in [0.2, 0.25) is 0 Å². The molecule has 0 aliphatic carbocycles. The molecule has 0 aliphatic heterocycles. The summed E-state index contributed by atoms with van der Waals surface area (Å²) in [5, 5.41) is 20.1. The molecule has 2 aromatic heterocycles. The second-order valence-electron chi connectivity index (χ2n) is 4.17. The number of pyridine rings is 1. The van der Waals surface area contributed by atoms with Crippen LogP contribution in [0.15, 0.2) is 48.7 Å². The standard InChI is InChI=1S/C14H8N4O3/c15-9-10-4-3-5-11(8-10)21-13-14(18(19)20)17-7-2-1-6-12(17)16-13/h1-8H. The second kappa shape index (κ2) is 4.94. The summed E-state index contributed by atoms with van der Waals surface area (Å²) in [5.41, 5.74) is 0.814. The first-order valence-electron chi connectivity index (χ1n) is 5.98. The van der Waals surface area contributed by atoms with Crippen LogP contribution < -0.4 is 4.74 Å². The van der Waals surface area contributed by atoms with Crippen LogP contribution in [0.5, 0.6) is 11.6 Å². The van der Waals surface area contributed by atoms with Crippen LogP contribution in [-0.4, -0.2) is 14.3 Å². The molecular formula is C14H8N4O3. The Kier molecular flexibility index (Phi) is 2.97. The van der Waals surface area contributed by atoms with E-state index in [0.717, 1.165) is 0 Å². The van der Waals surface area contributed by atoms with Gasteiger partial charge in [0.05, 0.1) is 17.8 Å². The van der Waals surface area contributed by atoms with Gasteiger partial charge in [0.15, 0.2) is 0 Å². The molecule has 0 aliphatic rings. The molecule has 7 heteroatoms. The van der Waals surface area contributed by atoms with Gasteiger partial charge in [-0.1, -0.05) is 12.1 Å². The van der Waals surface area contributed by atoms with Crippen molar-refractivity contribution in [2.24, 2.45) is 0 Å². The largest absolute Gasteiger partial charge is 0.432 e. The molecular weight excluding hydrogens is 272 g/mol. The molecule has 0 spiro atoms. The summed E-state index contributed by atoms with van der Waals surface area (Å²) in [6, 6.07) is 13.4. The lowest BCUT2D eigenvalue weighted by molar-refractivity contribution is -0.391. The molecule has 3 rings (SSSR count). The van der Waals surface area contributed by atoms with Gasteiger partial charge in [-0.3, -0.25) is 0 Å². The molecule has 0 radical (unpaired) electrons. The van der Waals surface area contributed by atoms with E-state index in [2.05, 4.69) is 4.98 Å². The topological polar surface area (TPSA) is 93.5 Å². The minimum Gasteiger partial charge on any atom is -0.432 e. The van der Waals surface area contributed by atoms with Gasteiger partial charge in [0.2, 0.25) is 5.65 Å². The fourth-order valence-electron chi connectivity index (χ4n) is 1.94. The Bertz CT molecular complexity index is 879. The molecule has 0 atom stereocenters. The van der Waals surface area contributed by atoms with Crippen LogP contribution in [0.3, 0.4) is 0 Å². The lowest BCUT2D eigenvalue weighted by Gasteiger charge is -2.02. The summed E-state index contributed by atoms with van der Waals surface area (Å²) in [5.74, 6) is -0.0465. The van der Waals surface area contributed by atoms with Gasteiger partial charge in [0, 0.05) is 6.07 Å². The Labute approximate surface area is 118 Å². The molecule has 0 bridgehead atoms. The van der Waals surface area contributed by atoms with Crippen LogP contribution in [-0.2, 0) is 0 Å². The van der Waals surface area contributed by atoms with E-state index in [1.165, 1.54) is 10.5 Å². The van der Waals surface area contributed by atoms with Gasteiger partial charge in [-0.25, -0.2) is 0 Å². The Morgan fingerprint density at radius 2 is 2.14 bits per heavy atom. The molecule has 3 aromatic rings. The Hall–Kier alpha value is -3.40. The molecule has 7 nitrogen and oxygen atoms in total. The number of benzene rings is 1. The molecule has 0 N–H and O–H groups in total. The minimum atomic E-state index is -0.552. The fraction of sp³-hybridized carbons (Fsp3) is 0. The van der Waals surface area contributed by atoms with Crippen molar-refractivity contribution < 1.29 is 9.66 Å². The maximum atomic E-state index is 11.2. The van der Waals surface area contributed by atoms with Gasteiger partial charge in [-0.05, 0) is 29.2 Å². The molecule has 0 saturated heterocycles. The molecule has 2 heterocycles. The zero-order chi connectivity index (χ0) is 14.8. The number of ether oxygens (including phenoxy) is 1. The highest BCUT2D eigenvalue weighted by molar-refractivity contribution is 5.53. The van der Waals surface area contributed by atoms with E-state index in [1.807, 2.05) is 6.07 Å². The fourth-order valence-corrected chi connectivity index (χ4v) is 1.94. The third-order valence-corrected chi connectivity index (χ3v) is 2.82. The van der Waals surface area contributed by atoms with Crippen molar-refractivity contribution >= 4 is 11.5 Å². The van der Waals surface area contributed by atoms with Crippen molar-refractivity contribution in [2.45, 2.75) is 0 Å². The van der Waals surface area contributed by atoms with Gasteiger partial charge in [-0.2, -0.15) is 14.6 Å². The summed E-state index contributed by atoms with van der Waals surface area (Å²) in [7, 11) is 0. The number of hydrogen-bond acceptors (Lipinski definition) is 5. The van der Waals surface area contributed by atoms with E-state index in [-0.39, 0.29) is 11.7 Å². The van der Waals surface area contributed by atoms with E-state index < -0.39 is 4.92 Å². The number of rotatable bonds is 3. The van der Waals surface area contributed by atoms with Crippen molar-refractivity contribution in [2.75, 3.05) is 0 Å². The minimum absolute atomic E-state index is 0.110. The molecule has 1 aromatic carbocycles. The highest BCUT2D eigenvalue weighted by atomic mass is 16.6. The number of imidazole rings is 1. The monoisotopic (exact) mass is 280 g/mol. The average molecular weight is 280 g/mol. The number of aromatic nitrogens is 2. The molecule has 21 heavy (non-hydrogen) atoms. The maximum absolute atomic E-state index is 11.2. The van der Waals surface area contributed by atoms with Crippen LogP contribution >= 0.6 is 0 Å². The van der Waals surface area contributed by atoms with Crippen molar-refractivity contribution in [3.63, 3.8) is 0 Å². The van der Waals surface area contributed by atoms with Crippen LogP contribution in [0.4, 0.5) is 5.82 Å². The zero-order valence-electron chi connectivity index (χ0n) is 10.6. The van der Waals surface area contributed by atoms with Gasteiger partial charge in [0.25, 0.3) is 0 Å². The summed E-state index contributed by atoms with van der Waals surface area (Å²) in [4.78, 5) is 14.8. The predicted molar refractivity (Wildman–Crippen MR) is 73.1 cm³/mol. The van der Waals surface area contributed by atoms with E-state index in [9.17, 15) is 10.1 Å². The SMILES string of the molecule is N#Cc1cccc(Oc2nc3ccccn3c2[N+](=O)[O-])c1. The van der Waals surface area contributed by atoms with Gasteiger partial charge in [0.1, 0.15) is 5.75 Å². The first-order valence-corrected chi connectivity index (χ1v) is 5.98. The number of hydrogen-bond donors (Lipinski definition) is 0. The van der Waals surface area contributed by atoms with Crippen LogP contribution in [0.1, 0.15) is 5.56 Å². The normalized spacial score (nSPS) is 10.2. The number of nitrogens with zero attached hydrogens (tertiary/aromatic N) is 4. The molecule has 0 fully saturated rings. The first-order chi connectivity index (χ1) is 10.2. The quantitative estimate of drug-likeness (QED) is 0.543. The molecule has 102 valence electrons. The second-order valence-corrected chi connectivity index (χ2v) is 4.17. The Morgan fingerprint density at radius 1 is 1.29 bits per heavy atom. The highest BCUT2D eigenvalue weighted by Crippen LogP contribution is 2.31. The predicted octanol–water partition coefficient (Wildman–Crippen LogP) is 2.91. The molecule has 0 amide bonds. The third-order valence-electron chi connectivity index (χ3n) is 2.82. The number of nitriles is 1. The van der Waals surface area contributed by atoms with Crippen LogP contribution in [0.25, 0.3) is 5.65 Å². The number of fused-ring (bicyclic) bond motifs is 1. The molecule has 0 saturated carbocycles. The van der Waals surface area contributed by atoms with E-state index in [0.29, 0.717) is 17.0 Å². The van der Waals surface area contributed by atoms with E-state index in [1.54, 1.807) is 42.6 Å². The van der Waals surface area contributed by atoms with Crippen LogP contribution in [0, 0.1) is 21.4 Å². The van der Waals surface area contributed by atoms with Crippen molar-refractivity contribution in [3.8, 4) is 17.7 Å². The van der Waals surface area contributed by atoms with Gasteiger partial charge < -0.3 is 14.9 Å². The zero-order valence-corrected chi connectivity index (χ0v) is 10.6. The Balaban J connectivity index is 2.10. The Morgan fingerprint density at radius 3 is 2.90 bits per heavy atom.